The maximum absolute atomic E-state index is 13.0. The summed E-state index contributed by atoms with van der Waals surface area (Å²) < 4.78 is 13.0. The van der Waals surface area contributed by atoms with Crippen LogP contribution in [0.5, 0.6) is 0 Å². The van der Waals surface area contributed by atoms with Gasteiger partial charge in [-0.05, 0) is 30.7 Å². The first-order valence-corrected chi connectivity index (χ1v) is 4.50. The molecular formula is C10H11FN2O. The molecule has 2 rings (SSSR count). The van der Waals surface area contributed by atoms with Gasteiger partial charge in [0.1, 0.15) is 5.82 Å². The molecule has 3 nitrogen and oxygen atoms in total. The van der Waals surface area contributed by atoms with Crippen molar-refractivity contribution in [1.29, 1.82) is 0 Å². The highest BCUT2D eigenvalue weighted by atomic mass is 19.1. The molecule has 4 heteroatoms. The summed E-state index contributed by atoms with van der Waals surface area (Å²) >= 11 is 0. The van der Waals surface area contributed by atoms with E-state index in [0.29, 0.717) is 18.7 Å². The number of halogens is 1. The normalized spacial score (nSPS) is 15.9. The summed E-state index contributed by atoms with van der Waals surface area (Å²) in [6, 6.07) is 4.57. The van der Waals surface area contributed by atoms with Gasteiger partial charge in [-0.1, -0.05) is 0 Å². The van der Waals surface area contributed by atoms with E-state index in [0.717, 1.165) is 5.69 Å². The second-order valence-electron chi connectivity index (χ2n) is 3.32. The third kappa shape index (κ3) is 1.43. The molecule has 1 aliphatic heterocycles. The predicted octanol–water partition coefficient (Wildman–Crippen LogP) is 1.66. The fourth-order valence-corrected chi connectivity index (χ4v) is 1.51. The van der Waals surface area contributed by atoms with Crippen molar-refractivity contribution in [2.24, 2.45) is 0 Å². The van der Waals surface area contributed by atoms with Crippen LogP contribution in [0.1, 0.15) is 5.56 Å². The largest absolute Gasteiger partial charge is 0.336 e. The zero-order chi connectivity index (χ0) is 10.1. The van der Waals surface area contributed by atoms with E-state index in [1.54, 1.807) is 24.0 Å². The molecule has 0 aromatic heterocycles. The van der Waals surface area contributed by atoms with Gasteiger partial charge in [0.25, 0.3) is 0 Å². The molecule has 0 aliphatic carbocycles. The molecule has 1 aromatic carbocycles. The molecule has 0 atom stereocenters. The number of anilines is 1. The smallest absolute Gasteiger partial charge is 0.321 e. The number of nitrogens with one attached hydrogen (secondary N) is 1. The van der Waals surface area contributed by atoms with Gasteiger partial charge in [0.2, 0.25) is 0 Å². The Bertz CT molecular complexity index is 378. The van der Waals surface area contributed by atoms with Crippen molar-refractivity contribution in [1.82, 2.24) is 5.32 Å². The van der Waals surface area contributed by atoms with Crippen molar-refractivity contribution < 1.29 is 9.18 Å². The second-order valence-corrected chi connectivity index (χ2v) is 3.32. The summed E-state index contributed by atoms with van der Waals surface area (Å²) in [5, 5.41) is 2.70. The van der Waals surface area contributed by atoms with Gasteiger partial charge in [-0.15, -0.1) is 0 Å². The van der Waals surface area contributed by atoms with E-state index in [4.69, 9.17) is 0 Å². The number of nitrogens with zero attached hydrogens (tertiary/aromatic N) is 1. The highest BCUT2D eigenvalue weighted by molar-refractivity contribution is 5.94. The minimum absolute atomic E-state index is 0.115. The average Bonchev–Trinajstić information content (AvgIpc) is 2.57. The average molecular weight is 194 g/mol. The van der Waals surface area contributed by atoms with Crippen molar-refractivity contribution in [2.45, 2.75) is 6.92 Å². The third-order valence-electron chi connectivity index (χ3n) is 2.31. The van der Waals surface area contributed by atoms with Crippen LogP contribution in [0, 0.1) is 12.7 Å². The summed E-state index contributed by atoms with van der Waals surface area (Å²) in [5.41, 5.74) is 1.31. The van der Waals surface area contributed by atoms with Gasteiger partial charge < -0.3 is 5.32 Å². The van der Waals surface area contributed by atoms with Gasteiger partial charge in [0.05, 0.1) is 0 Å². The van der Waals surface area contributed by atoms with Gasteiger partial charge >= 0.3 is 6.03 Å². The number of urea groups is 1. The van der Waals surface area contributed by atoms with Gasteiger partial charge in [0.15, 0.2) is 0 Å². The number of aryl methyl sites for hydroxylation is 1. The van der Waals surface area contributed by atoms with Crippen LogP contribution in [0.15, 0.2) is 18.2 Å². The second kappa shape index (κ2) is 3.29. The van der Waals surface area contributed by atoms with Crippen LogP contribution in [0.3, 0.4) is 0 Å². The summed E-state index contributed by atoms with van der Waals surface area (Å²) in [7, 11) is 0. The van der Waals surface area contributed by atoms with Crippen LogP contribution in [0.2, 0.25) is 0 Å². The Kier molecular flexibility index (Phi) is 2.11. The minimum atomic E-state index is -0.242. The predicted molar refractivity (Wildman–Crippen MR) is 51.9 cm³/mol. The van der Waals surface area contributed by atoms with Crippen LogP contribution < -0.4 is 10.2 Å². The van der Waals surface area contributed by atoms with E-state index in [1.165, 1.54) is 6.07 Å². The van der Waals surface area contributed by atoms with Crippen LogP contribution in [0.25, 0.3) is 0 Å². The van der Waals surface area contributed by atoms with E-state index in [9.17, 15) is 9.18 Å². The van der Waals surface area contributed by atoms with E-state index >= 15 is 0 Å². The number of rotatable bonds is 1. The molecule has 74 valence electrons. The highest BCUT2D eigenvalue weighted by Gasteiger charge is 2.21. The van der Waals surface area contributed by atoms with Crippen LogP contribution >= 0.6 is 0 Å². The Hall–Kier alpha value is -1.58. The Morgan fingerprint density at radius 1 is 1.50 bits per heavy atom. The molecule has 1 saturated heterocycles. The molecule has 1 fully saturated rings. The first kappa shape index (κ1) is 8.99. The molecule has 1 aliphatic rings. The molecule has 0 bridgehead atoms. The zero-order valence-corrected chi connectivity index (χ0v) is 7.88. The van der Waals surface area contributed by atoms with Crippen LogP contribution in [-0.2, 0) is 0 Å². The SMILES string of the molecule is Cc1cc(N2CCNC2=O)ccc1F. The van der Waals surface area contributed by atoms with Crippen molar-refractivity contribution in [3.63, 3.8) is 0 Å². The lowest BCUT2D eigenvalue weighted by Crippen LogP contribution is -2.27. The lowest BCUT2D eigenvalue weighted by atomic mass is 10.2. The summed E-state index contributed by atoms with van der Waals surface area (Å²) in [6.07, 6.45) is 0. The van der Waals surface area contributed by atoms with Crippen LogP contribution in [-0.4, -0.2) is 19.1 Å². The molecule has 14 heavy (non-hydrogen) atoms. The number of carbonyl (C=O) groups is 1. The Morgan fingerprint density at radius 2 is 2.29 bits per heavy atom. The van der Waals surface area contributed by atoms with Gasteiger partial charge in [-0.25, -0.2) is 9.18 Å². The van der Waals surface area contributed by atoms with Crippen molar-refractivity contribution in [3.8, 4) is 0 Å². The third-order valence-corrected chi connectivity index (χ3v) is 2.31. The molecule has 2 amide bonds. The van der Waals surface area contributed by atoms with Gasteiger partial charge in [-0.3, -0.25) is 4.90 Å². The fourth-order valence-electron chi connectivity index (χ4n) is 1.51. The Labute approximate surface area is 81.5 Å². The monoisotopic (exact) mass is 194 g/mol. The molecule has 0 radical (unpaired) electrons. The number of carbonyl (C=O) groups excluding carboxylic acids is 1. The molecule has 1 heterocycles. The summed E-state index contributed by atoms with van der Waals surface area (Å²) in [4.78, 5) is 12.9. The molecular weight excluding hydrogens is 183 g/mol. The first-order chi connectivity index (χ1) is 6.68. The number of hydrogen-bond acceptors (Lipinski definition) is 1. The van der Waals surface area contributed by atoms with E-state index in [-0.39, 0.29) is 11.8 Å². The Morgan fingerprint density at radius 3 is 2.86 bits per heavy atom. The summed E-state index contributed by atoms with van der Waals surface area (Å²) in [6.45, 7) is 2.98. The maximum atomic E-state index is 13.0. The molecule has 0 unspecified atom stereocenters. The number of amides is 2. The maximum Gasteiger partial charge on any atom is 0.321 e. The number of hydrogen-bond donors (Lipinski definition) is 1. The molecule has 0 spiro atoms. The molecule has 1 aromatic rings. The summed E-state index contributed by atoms with van der Waals surface area (Å²) in [5.74, 6) is -0.242. The molecule has 0 saturated carbocycles. The fraction of sp³-hybridized carbons (Fsp3) is 0.300. The molecule has 1 N–H and O–H groups in total. The van der Waals surface area contributed by atoms with Crippen molar-refractivity contribution in [2.75, 3.05) is 18.0 Å². The standard InChI is InChI=1S/C10H11FN2O/c1-7-6-8(2-3-9(7)11)13-5-4-12-10(13)14/h2-3,6H,4-5H2,1H3,(H,12,14). The van der Waals surface area contributed by atoms with Gasteiger partial charge in [-0.2, -0.15) is 0 Å². The quantitative estimate of drug-likeness (QED) is 0.724. The topological polar surface area (TPSA) is 32.3 Å². The van der Waals surface area contributed by atoms with Crippen molar-refractivity contribution >= 4 is 11.7 Å². The Balaban J connectivity index is 2.32. The van der Waals surface area contributed by atoms with Gasteiger partial charge in [0, 0.05) is 18.8 Å². The first-order valence-electron chi connectivity index (χ1n) is 4.50. The van der Waals surface area contributed by atoms with Crippen molar-refractivity contribution in [3.05, 3.63) is 29.6 Å². The lowest BCUT2D eigenvalue weighted by Gasteiger charge is -2.14. The van der Waals surface area contributed by atoms with E-state index in [1.807, 2.05) is 0 Å². The van der Waals surface area contributed by atoms with E-state index in [2.05, 4.69) is 5.32 Å². The van der Waals surface area contributed by atoms with Crippen LogP contribution in [0.4, 0.5) is 14.9 Å². The zero-order valence-electron chi connectivity index (χ0n) is 7.88. The highest BCUT2D eigenvalue weighted by Crippen LogP contribution is 2.19. The van der Waals surface area contributed by atoms with E-state index < -0.39 is 0 Å². The lowest BCUT2D eigenvalue weighted by molar-refractivity contribution is 0.252. The number of benzene rings is 1. The minimum Gasteiger partial charge on any atom is -0.336 e.